The van der Waals surface area contributed by atoms with Gasteiger partial charge in [0.2, 0.25) is 0 Å². The molecule has 25 heavy (non-hydrogen) atoms. The van der Waals surface area contributed by atoms with Crippen molar-refractivity contribution in [1.82, 2.24) is 0 Å². The number of aliphatic hydroxyl groups excluding tert-OH is 2. The van der Waals surface area contributed by atoms with E-state index in [9.17, 15) is 5.11 Å². The first-order valence-corrected chi connectivity index (χ1v) is 9.87. The maximum absolute atomic E-state index is 10.5. The number of hydrogen-bond donors (Lipinski definition) is 2. The summed E-state index contributed by atoms with van der Waals surface area (Å²) in [5, 5.41) is 19.5. The van der Waals surface area contributed by atoms with Crippen LogP contribution in [0.15, 0.2) is 11.6 Å². The number of rotatable bonds is 8. The molecule has 0 aliphatic carbocycles. The number of ether oxygens (including phenoxy) is 3. The Morgan fingerprint density at radius 3 is 2.92 bits per heavy atom. The van der Waals surface area contributed by atoms with Gasteiger partial charge in [-0.05, 0) is 63.4 Å². The van der Waals surface area contributed by atoms with Crippen LogP contribution in [0.2, 0.25) is 0 Å². The van der Waals surface area contributed by atoms with Crippen LogP contribution < -0.4 is 0 Å². The smallest absolute Gasteiger partial charge is 0.157 e. The third kappa shape index (κ3) is 6.99. The summed E-state index contributed by atoms with van der Waals surface area (Å²) in [6.07, 6.45) is 9.05. The van der Waals surface area contributed by atoms with Gasteiger partial charge >= 0.3 is 0 Å². The van der Waals surface area contributed by atoms with Gasteiger partial charge in [-0.25, -0.2) is 0 Å². The lowest BCUT2D eigenvalue weighted by Gasteiger charge is -2.33. The van der Waals surface area contributed by atoms with E-state index in [0.717, 1.165) is 57.3 Å². The Bertz CT molecular complexity index is 405. The third-order valence-electron chi connectivity index (χ3n) is 5.49. The predicted molar refractivity (Wildman–Crippen MR) is 97.3 cm³/mol. The molecule has 2 aliphatic rings. The normalized spacial score (nSPS) is 34.0. The molecule has 2 aliphatic heterocycles. The molecule has 5 nitrogen and oxygen atoms in total. The number of hydrogen-bond acceptors (Lipinski definition) is 5. The standard InChI is InChI=1S/C20H36O5/c1-16(14-24-19-7-3-4-13-23-19)6-5-11-20(2)18(22)9-8-17(10-12-21)15-25-20/h10,16,18-19,21-22H,3-9,11-15H2,1-2H3/b17-10+/t16?,18-,19?,20+/m0/s1. The Labute approximate surface area is 152 Å². The van der Waals surface area contributed by atoms with Crippen LogP contribution in [0.3, 0.4) is 0 Å². The summed E-state index contributed by atoms with van der Waals surface area (Å²) in [4.78, 5) is 0. The quantitative estimate of drug-likeness (QED) is 0.654. The summed E-state index contributed by atoms with van der Waals surface area (Å²) in [5.74, 6) is 0.474. The first-order valence-electron chi connectivity index (χ1n) is 9.87. The van der Waals surface area contributed by atoms with Gasteiger partial charge in [0, 0.05) is 6.61 Å². The van der Waals surface area contributed by atoms with Gasteiger partial charge < -0.3 is 24.4 Å². The highest BCUT2D eigenvalue weighted by Crippen LogP contribution is 2.31. The lowest BCUT2D eigenvalue weighted by atomic mass is 9.88. The summed E-state index contributed by atoms with van der Waals surface area (Å²) >= 11 is 0. The Kier molecular flexibility index (Phi) is 8.87. The van der Waals surface area contributed by atoms with Crippen molar-refractivity contribution in [3.8, 4) is 0 Å². The SMILES string of the molecule is CC(CCC[C@@]1(C)OC/C(=C/CO)CC[C@@H]1O)COC1CCCCO1. The molecule has 2 rings (SSSR count). The Morgan fingerprint density at radius 1 is 1.36 bits per heavy atom. The Morgan fingerprint density at radius 2 is 2.20 bits per heavy atom. The molecule has 2 fully saturated rings. The van der Waals surface area contributed by atoms with Crippen LogP contribution in [0.1, 0.15) is 65.2 Å². The maximum Gasteiger partial charge on any atom is 0.157 e. The molecular formula is C20H36O5. The van der Waals surface area contributed by atoms with Gasteiger partial charge in [0.1, 0.15) is 0 Å². The van der Waals surface area contributed by atoms with Crippen LogP contribution in [0.4, 0.5) is 0 Å². The molecule has 146 valence electrons. The van der Waals surface area contributed by atoms with Crippen LogP contribution in [0, 0.1) is 5.92 Å². The highest BCUT2D eigenvalue weighted by Gasteiger charge is 2.35. The van der Waals surface area contributed by atoms with Crippen molar-refractivity contribution in [2.45, 2.75) is 83.2 Å². The zero-order valence-corrected chi connectivity index (χ0v) is 15.9. The Balaban J connectivity index is 1.68. The van der Waals surface area contributed by atoms with Crippen LogP contribution in [0.25, 0.3) is 0 Å². The average molecular weight is 357 g/mol. The lowest BCUT2D eigenvalue weighted by Crippen LogP contribution is -2.41. The summed E-state index contributed by atoms with van der Waals surface area (Å²) in [5.41, 5.74) is 0.581. The summed E-state index contributed by atoms with van der Waals surface area (Å²) in [6, 6.07) is 0. The maximum atomic E-state index is 10.5. The zero-order chi connectivity index (χ0) is 18.1. The van der Waals surface area contributed by atoms with E-state index in [1.165, 1.54) is 6.42 Å². The predicted octanol–water partition coefficient (Wildman–Crippen LogP) is 3.18. The van der Waals surface area contributed by atoms with Crippen molar-refractivity contribution in [3.05, 3.63) is 11.6 Å². The van der Waals surface area contributed by atoms with Crippen LogP contribution in [0.5, 0.6) is 0 Å². The molecule has 2 heterocycles. The molecule has 0 amide bonds. The minimum atomic E-state index is -0.502. The van der Waals surface area contributed by atoms with Crippen molar-refractivity contribution < 1.29 is 24.4 Å². The van der Waals surface area contributed by atoms with E-state index in [2.05, 4.69) is 6.92 Å². The molecule has 0 aromatic heterocycles. The summed E-state index contributed by atoms with van der Waals surface area (Å²) in [7, 11) is 0. The van der Waals surface area contributed by atoms with Gasteiger partial charge in [-0.2, -0.15) is 0 Å². The molecule has 0 saturated carbocycles. The van der Waals surface area contributed by atoms with E-state index in [-0.39, 0.29) is 12.9 Å². The molecule has 2 saturated heterocycles. The fourth-order valence-corrected chi connectivity index (χ4v) is 3.58. The minimum Gasteiger partial charge on any atom is -0.392 e. The van der Waals surface area contributed by atoms with Gasteiger partial charge in [-0.1, -0.05) is 19.4 Å². The summed E-state index contributed by atoms with van der Waals surface area (Å²) in [6.45, 7) is 6.31. The zero-order valence-electron chi connectivity index (χ0n) is 15.9. The molecule has 0 radical (unpaired) electrons. The largest absolute Gasteiger partial charge is 0.392 e. The van der Waals surface area contributed by atoms with E-state index in [0.29, 0.717) is 18.9 Å². The molecule has 0 aromatic rings. The molecule has 4 atom stereocenters. The summed E-state index contributed by atoms with van der Waals surface area (Å²) < 4.78 is 17.5. The van der Waals surface area contributed by atoms with Crippen molar-refractivity contribution in [2.24, 2.45) is 5.92 Å². The van der Waals surface area contributed by atoms with Crippen molar-refractivity contribution in [2.75, 3.05) is 26.4 Å². The second kappa shape index (κ2) is 10.6. The van der Waals surface area contributed by atoms with Crippen LogP contribution in [-0.2, 0) is 14.2 Å². The van der Waals surface area contributed by atoms with E-state index < -0.39 is 11.7 Å². The van der Waals surface area contributed by atoms with Gasteiger partial charge in [-0.15, -0.1) is 0 Å². The van der Waals surface area contributed by atoms with E-state index in [1.807, 2.05) is 6.92 Å². The van der Waals surface area contributed by atoms with Crippen molar-refractivity contribution in [3.63, 3.8) is 0 Å². The monoisotopic (exact) mass is 356 g/mol. The second-order valence-electron chi connectivity index (χ2n) is 7.83. The van der Waals surface area contributed by atoms with Gasteiger partial charge in [0.05, 0.1) is 31.5 Å². The highest BCUT2D eigenvalue weighted by atomic mass is 16.7. The average Bonchev–Trinajstić information content (AvgIpc) is 2.75. The first kappa shape index (κ1) is 20.8. The van der Waals surface area contributed by atoms with Gasteiger partial charge in [0.15, 0.2) is 6.29 Å². The molecular weight excluding hydrogens is 320 g/mol. The second-order valence-corrected chi connectivity index (χ2v) is 7.83. The van der Waals surface area contributed by atoms with E-state index >= 15 is 0 Å². The minimum absolute atomic E-state index is 0.0162. The lowest BCUT2D eigenvalue weighted by molar-refractivity contribution is -0.168. The van der Waals surface area contributed by atoms with Crippen molar-refractivity contribution in [1.29, 1.82) is 0 Å². The van der Waals surface area contributed by atoms with Crippen LogP contribution in [-0.4, -0.2) is 54.6 Å². The van der Waals surface area contributed by atoms with Crippen molar-refractivity contribution >= 4 is 0 Å². The number of aliphatic hydroxyl groups is 2. The molecule has 0 bridgehead atoms. The van der Waals surface area contributed by atoms with Gasteiger partial charge in [0.25, 0.3) is 0 Å². The van der Waals surface area contributed by atoms with Gasteiger partial charge in [-0.3, -0.25) is 0 Å². The third-order valence-corrected chi connectivity index (χ3v) is 5.49. The van der Waals surface area contributed by atoms with E-state index in [1.54, 1.807) is 6.08 Å². The Hall–Kier alpha value is -0.460. The van der Waals surface area contributed by atoms with Crippen LogP contribution >= 0.6 is 0 Å². The molecule has 2 N–H and O–H groups in total. The fraction of sp³-hybridized carbons (Fsp3) is 0.900. The highest BCUT2D eigenvalue weighted by molar-refractivity contribution is 5.06. The fourth-order valence-electron chi connectivity index (χ4n) is 3.58. The first-order chi connectivity index (χ1) is 12.0. The topological polar surface area (TPSA) is 68.2 Å². The molecule has 2 unspecified atom stereocenters. The molecule has 0 aromatic carbocycles. The molecule has 5 heteroatoms. The van der Waals surface area contributed by atoms with E-state index in [4.69, 9.17) is 19.3 Å². The molecule has 0 spiro atoms.